The highest BCUT2D eigenvalue weighted by atomic mass is 32.1. The fourth-order valence-electron chi connectivity index (χ4n) is 3.43. The summed E-state index contributed by atoms with van der Waals surface area (Å²) in [4.78, 5) is 6.56. The fraction of sp³-hybridized carbons (Fsp3) is 0.824. The molecule has 2 unspecified atom stereocenters. The van der Waals surface area contributed by atoms with Crippen LogP contribution in [-0.4, -0.2) is 24.7 Å². The first-order valence-corrected chi connectivity index (χ1v) is 9.25. The molecule has 21 heavy (non-hydrogen) atoms. The van der Waals surface area contributed by atoms with E-state index in [-0.39, 0.29) is 5.60 Å². The van der Waals surface area contributed by atoms with E-state index < -0.39 is 0 Å². The Morgan fingerprint density at radius 2 is 2.29 bits per heavy atom. The van der Waals surface area contributed by atoms with Gasteiger partial charge in [-0.2, -0.15) is 0 Å². The lowest BCUT2D eigenvalue weighted by molar-refractivity contribution is 0.0165. The molecular formula is C17H28N2OS. The fourth-order valence-corrected chi connectivity index (χ4v) is 4.74. The quantitative estimate of drug-likeness (QED) is 0.897. The maximum absolute atomic E-state index is 5.98. The number of fused-ring (bicyclic) bond motifs is 1. The van der Waals surface area contributed by atoms with Crippen molar-refractivity contribution < 1.29 is 4.74 Å². The summed E-state index contributed by atoms with van der Waals surface area (Å²) in [5, 5.41) is 4.84. The van der Waals surface area contributed by atoms with Crippen LogP contribution in [0.4, 0.5) is 0 Å². The van der Waals surface area contributed by atoms with Gasteiger partial charge in [0, 0.05) is 23.9 Å². The molecule has 0 saturated carbocycles. The molecule has 1 aliphatic carbocycles. The van der Waals surface area contributed by atoms with Gasteiger partial charge in [0.25, 0.3) is 0 Å². The summed E-state index contributed by atoms with van der Waals surface area (Å²) in [7, 11) is 0. The molecule has 118 valence electrons. The second-order valence-corrected chi connectivity index (χ2v) is 8.24. The zero-order valence-corrected chi connectivity index (χ0v) is 14.4. The van der Waals surface area contributed by atoms with Crippen LogP contribution in [0.15, 0.2) is 0 Å². The summed E-state index contributed by atoms with van der Waals surface area (Å²) < 4.78 is 5.98. The van der Waals surface area contributed by atoms with E-state index in [0.29, 0.717) is 11.8 Å². The minimum Gasteiger partial charge on any atom is -0.368 e. The van der Waals surface area contributed by atoms with Crippen molar-refractivity contribution in [2.45, 2.75) is 64.4 Å². The zero-order chi connectivity index (χ0) is 14.9. The van der Waals surface area contributed by atoms with Crippen LogP contribution in [-0.2, 0) is 16.8 Å². The van der Waals surface area contributed by atoms with Crippen molar-refractivity contribution >= 4 is 11.3 Å². The van der Waals surface area contributed by atoms with Gasteiger partial charge in [-0.1, -0.05) is 13.8 Å². The van der Waals surface area contributed by atoms with Gasteiger partial charge in [0.05, 0.1) is 5.69 Å². The lowest BCUT2D eigenvalue weighted by Crippen LogP contribution is -2.27. The number of aryl methyl sites for hydroxylation is 1. The molecule has 2 heterocycles. The van der Waals surface area contributed by atoms with E-state index in [1.165, 1.54) is 41.3 Å². The maximum Gasteiger partial charge on any atom is 0.125 e. The minimum absolute atomic E-state index is 0.113. The topological polar surface area (TPSA) is 34.1 Å². The summed E-state index contributed by atoms with van der Waals surface area (Å²) >= 11 is 1.91. The third-order valence-corrected chi connectivity index (χ3v) is 6.06. The number of hydrogen-bond acceptors (Lipinski definition) is 4. The molecule has 1 N–H and O–H groups in total. The van der Waals surface area contributed by atoms with Crippen molar-refractivity contribution in [1.82, 2.24) is 10.3 Å². The zero-order valence-electron chi connectivity index (χ0n) is 13.6. The average Bonchev–Trinajstić information content (AvgIpc) is 3.06. The summed E-state index contributed by atoms with van der Waals surface area (Å²) in [5.41, 5.74) is 1.26. The van der Waals surface area contributed by atoms with Gasteiger partial charge in [0.1, 0.15) is 10.6 Å². The Hall–Kier alpha value is -0.450. The van der Waals surface area contributed by atoms with Gasteiger partial charge in [-0.3, -0.25) is 0 Å². The van der Waals surface area contributed by atoms with E-state index in [2.05, 4.69) is 26.1 Å². The van der Waals surface area contributed by atoms with Crippen molar-refractivity contribution in [3.05, 3.63) is 15.6 Å². The second kappa shape index (κ2) is 6.35. The first kappa shape index (κ1) is 15.4. The lowest BCUT2D eigenvalue weighted by Gasteiger charge is -2.22. The van der Waals surface area contributed by atoms with E-state index in [0.717, 1.165) is 26.1 Å². The van der Waals surface area contributed by atoms with Crippen LogP contribution in [0.2, 0.25) is 0 Å². The van der Waals surface area contributed by atoms with Crippen molar-refractivity contribution in [2.75, 3.05) is 19.7 Å². The highest BCUT2D eigenvalue weighted by Gasteiger charge is 2.37. The van der Waals surface area contributed by atoms with Crippen LogP contribution in [0.1, 0.15) is 68.0 Å². The normalized spacial score (nSPS) is 29.0. The largest absolute Gasteiger partial charge is 0.368 e. The molecule has 1 aromatic rings. The van der Waals surface area contributed by atoms with Gasteiger partial charge < -0.3 is 10.1 Å². The third kappa shape index (κ3) is 3.33. The molecular weight excluding hydrogens is 280 g/mol. The number of ether oxygens (including phenoxy) is 1. The van der Waals surface area contributed by atoms with E-state index >= 15 is 0 Å². The number of thiazole rings is 1. The van der Waals surface area contributed by atoms with Gasteiger partial charge in [-0.25, -0.2) is 4.98 Å². The highest BCUT2D eigenvalue weighted by Crippen LogP contribution is 2.42. The predicted octanol–water partition coefficient (Wildman–Crippen LogP) is 3.83. The summed E-state index contributed by atoms with van der Waals surface area (Å²) in [6, 6.07) is 0. The van der Waals surface area contributed by atoms with Crippen molar-refractivity contribution in [1.29, 1.82) is 0 Å². The highest BCUT2D eigenvalue weighted by molar-refractivity contribution is 7.11. The SMILES string of the molecule is CC(C)CNCC1CCCc2sc(C3(C)CCCO3)nc21. The minimum atomic E-state index is -0.113. The molecule has 0 amide bonds. The first-order chi connectivity index (χ1) is 10.1. The molecule has 2 atom stereocenters. The molecule has 1 aromatic heterocycles. The Morgan fingerprint density at radius 1 is 1.43 bits per heavy atom. The van der Waals surface area contributed by atoms with Gasteiger partial charge in [-0.15, -0.1) is 11.3 Å². The Bertz CT molecular complexity index is 477. The van der Waals surface area contributed by atoms with Crippen LogP contribution < -0.4 is 5.32 Å². The Balaban J connectivity index is 1.73. The molecule has 0 aromatic carbocycles. The molecule has 3 rings (SSSR count). The molecule has 4 heteroatoms. The van der Waals surface area contributed by atoms with Gasteiger partial charge in [-0.05, 0) is 51.5 Å². The van der Waals surface area contributed by atoms with E-state index in [9.17, 15) is 0 Å². The molecule has 0 bridgehead atoms. The Kier molecular flexibility index (Phi) is 4.67. The Labute approximate surface area is 132 Å². The van der Waals surface area contributed by atoms with Crippen molar-refractivity contribution in [3.63, 3.8) is 0 Å². The molecule has 1 saturated heterocycles. The second-order valence-electron chi connectivity index (χ2n) is 7.15. The standard InChI is InChI=1S/C17H28N2OS/c1-12(2)10-18-11-13-6-4-7-14-15(13)19-16(21-14)17(3)8-5-9-20-17/h12-13,18H,4-11H2,1-3H3. The van der Waals surface area contributed by atoms with Crippen molar-refractivity contribution in [2.24, 2.45) is 5.92 Å². The van der Waals surface area contributed by atoms with Gasteiger partial charge >= 0.3 is 0 Å². The van der Waals surface area contributed by atoms with Crippen LogP contribution in [0.5, 0.6) is 0 Å². The molecule has 3 nitrogen and oxygen atoms in total. The number of nitrogens with zero attached hydrogens (tertiary/aromatic N) is 1. The Morgan fingerprint density at radius 3 is 3.00 bits per heavy atom. The van der Waals surface area contributed by atoms with Gasteiger partial charge in [0.2, 0.25) is 0 Å². The average molecular weight is 308 g/mol. The number of nitrogens with one attached hydrogen (secondary N) is 1. The molecule has 0 spiro atoms. The number of aromatic nitrogens is 1. The molecule has 1 fully saturated rings. The monoisotopic (exact) mass is 308 g/mol. The van der Waals surface area contributed by atoms with Crippen LogP contribution in [0, 0.1) is 5.92 Å². The van der Waals surface area contributed by atoms with Crippen molar-refractivity contribution in [3.8, 4) is 0 Å². The summed E-state index contributed by atoms with van der Waals surface area (Å²) in [5.74, 6) is 1.31. The van der Waals surface area contributed by atoms with E-state index in [1.807, 2.05) is 11.3 Å². The molecule has 1 aliphatic heterocycles. The number of hydrogen-bond donors (Lipinski definition) is 1. The van der Waals surface area contributed by atoms with E-state index in [4.69, 9.17) is 9.72 Å². The lowest BCUT2D eigenvalue weighted by atomic mass is 9.90. The summed E-state index contributed by atoms with van der Waals surface area (Å²) in [6.45, 7) is 9.81. The number of rotatable bonds is 5. The van der Waals surface area contributed by atoms with Crippen LogP contribution in [0.3, 0.4) is 0 Å². The first-order valence-electron chi connectivity index (χ1n) is 8.43. The van der Waals surface area contributed by atoms with Crippen LogP contribution >= 0.6 is 11.3 Å². The molecule has 0 radical (unpaired) electrons. The predicted molar refractivity (Wildman–Crippen MR) is 88.0 cm³/mol. The third-order valence-electron chi connectivity index (χ3n) is 4.69. The maximum atomic E-state index is 5.98. The van der Waals surface area contributed by atoms with E-state index in [1.54, 1.807) is 0 Å². The smallest absolute Gasteiger partial charge is 0.125 e. The van der Waals surface area contributed by atoms with Gasteiger partial charge in [0.15, 0.2) is 0 Å². The summed E-state index contributed by atoms with van der Waals surface area (Å²) in [6.07, 6.45) is 6.08. The molecule has 2 aliphatic rings. The van der Waals surface area contributed by atoms with Crippen LogP contribution in [0.25, 0.3) is 0 Å².